The van der Waals surface area contributed by atoms with E-state index in [1.807, 2.05) is 6.07 Å². The minimum Gasteiger partial charge on any atom is -0.490 e. The van der Waals surface area contributed by atoms with Crippen molar-refractivity contribution >= 4 is 17.8 Å². The van der Waals surface area contributed by atoms with Crippen LogP contribution in [-0.2, 0) is 6.54 Å². The van der Waals surface area contributed by atoms with Gasteiger partial charge in [0.15, 0.2) is 0 Å². The smallest absolute Gasteiger partial charge is 0.490 e. The SMILES string of the molecule is O=C(NCc1cccnc1)c1ccnc(NC(=O)N2CCC(Oc3cccc(OC(F)(F)F)c3)CC2)c1. The molecule has 0 bridgehead atoms. The summed E-state index contributed by atoms with van der Waals surface area (Å²) in [5.41, 5.74) is 1.20. The molecule has 1 aliphatic rings. The molecule has 9 nitrogen and oxygen atoms in total. The Labute approximate surface area is 210 Å². The van der Waals surface area contributed by atoms with E-state index in [-0.39, 0.29) is 35.4 Å². The molecule has 0 radical (unpaired) electrons. The van der Waals surface area contributed by atoms with Crippen LogP contribution in [0, 0.1) is 0 Å². The Kier molecular flexibility index (Phi) is 8.06. The molecule has 1 aromatic carbocycles. The number of pyridine rings is 2. The Morgan fingerprint density at radius 3 is 2.54 bits per heavy atom. The van der Waals surface area contributed by atoms with E-state index in [4.69, 9.17) is 4.74 Å². The first-order chi connectivity index (χ1) is 17.7. The van der Waals surface area contributed by atoms with Crippen molar-refractivity contribution in [1.29, 1.82) is 0 Å². The second kappa shape index (κ2) is 11.6. The molecule has 0 aliphatic carbocycles. The maximum Gasteiger partial charge on any atom is 0.573 e. The van der Waals surface area contributed by atoms with Gasteiger partial charge in [-0.1, -0.05) is 12.1 Å². The van der Waals surface area contributed by atoms with Crippen LogP contribution in [0.15, 0.2) is 67.1 Å². The lowest BCUT2D eigenvalue weighted by molar-refractivity contribution is -0.274. The molecule has 0 atom stereocenters. The monoisotopic (exact) mass is 515 g/mol. The van der Waals surface area contributed by atoms with Gasteiger partial charge >= 0.3 is 12.4 Å². The summed E-state index contributed by atoms with van der Waals surface area (Å²) in [4.78, 5) is 34.9. The molecule has 194 valence electrons. The van der Waals surface area contributed by atoms with E-state index in [1.165, 1.54) is 30.5 Å². The number of hydrogen-bond acceptors (Lipinski definition) is 6. The number of carbonyl (C=O) groups excluding carboxylic acids is 2. The molecule has 2 N–H and O–H groups in total. The van der Waals surface area contributed by atoms with Crippen LogP contribution >= 0.6 is 0 Å². The van der Waals surface area contributed by atoms with Gasteiger partial charge < -0.3 is 19.7 Å². The Hall–Kier alpha value is -4.35. The fraction of sp³-hybridized carbons (Fsp3) is 0.280. The number of rotatable bonds is 7. The summed E-state index contributed by atoms with van der Waals surface area (Å²) in [6.45, 7) is 1.06. The molecule has 3 amide bonds. The van der Waals surface area contributed by atoms with Crippen LogP contribution in [-0.4, -0.2) is 52.4 Å². The largest absolute Gasteiger partial charge is 0.573 e. The van der Waals surface area contributed by atoms with Gasteiger partial charge in [-0.15, -0.1) is 13.2 Å². The van der Waals surface area contributed by atoms with E-state index in [1.54, 1.807) is 35.5 Å². The summed E-state index contributed by atoms with van der Waals surface area (Å²) in [5.74, 6) is -0.182. The first kappa shape index (κ1) is 25.7. The van der Waals surface area contributed by atoms with Crippen molar-refractivity contribution < 1.29 is 32.2 Å². The Bertz CT molecular complexity index is 1220. The zero-order chi connectivity index (χ0) is 26.3. The van der Waals surface area contributed by atoms with Gasteiger partial charge in [0.05, 0.1) is 0 Å². The lowest BCUT2D eigenvalue weighted by atomic mass is 10.1. The van der Waals surface area contributed by atoms with Crippen molar-refractivity contribution in [2.24, 2.45) is 0 Å². The number of benzene rings is 1. The van der Waals surface area contributed by atoms with Gasteiger partial charge in [0.2, 0.25) is 0 Å². The number of nitrogens with zero attached hydrogens (tertiary/aromatic N) is 3. The highest BCUT2D eigenvalue weighted by molar-refractivity contribution is 5.96. The zero-order valence-electron chi connectivity index (χ0n) is 19.6. The summed E-state index contributed by atoms with van der Waals surface area (Å²) in [7, 11) is 0. The van der Waals surface area contributed by atoms with Crippen molar-refractivity contribution in [1.82, 2.24) is 20.2 Å². The van der Waals surface area contributed by atoms with Crippen LogP contribution in [0.4, 0.5) is 23.8 Å². The minimum atomic E-state index is -4.78. The lowest BCUT2D eigenvalue weighted by Crippen LogP contribution is -2.43. The quantitative estimate of drug-likeness (QED) is 0.484. The number of carbonyl (C=O) groups is 2. The molecule has 2 aromatic heterocycles. The number of ether oxygens (including phenoxy) is 2. The van der Waals surface area contributed by atoms with Gasteiger partial charge in [-0.25, -0.2) is 9.78 Å². The Balaban J connectivity index is 1.25. The first-order valence-electron chi connectivity index (χ1n) is 11.5. The number of urea groups is 1. The van der Waals surface area contributed by atoms with Crippen molar-refractivity contribution in [3.63, 3.8) is 0 Å². The van der Waals surface area contributed by atoms with Crippen LogP contribution < -0.4 is 20.1 Å². The van der Waals surface area contributed by atoms with Crippen LogP contribution in [0.2, 0.25) is 0 Å². The third-order valence-electron chi connectivity index (χ3n) is 5.50. The molecule has 1 saturated heterocycles. The number of piperidine rings is 1. The van der Waals surface area contributed by atoms with Gasteiger partial charge in [-0.3, -0.25) is 15.1 Å². The van der Waals surface area contributed by atoms with Gasteiger partial charge in [0.1, 0.15) is 23.4 Å². The van der Waals surface area contributed by atoms with Crippen molar-refractivity contribution in [3.05, 3.63) is 78.2 Å². The molecule has 0 spiro atoms. The van der Waals surface area contributed by atoms with E-state index >= 15 is 0 Å². The molecular formula is C25H24F3N5O4. The van der Waals surface area contributed by atoms with E-state index in [0.29, 0.717) is 38.0 Å². The van der Waals surface area contributed by atoms with Gasteiger partial charge in [-0.2, -0.15) is 0 Å². The van der Waals surface area contributed by atoms with Gasteiger partial charge in [-0.05, 0) is 35.9 Å². The maximum absolute atomic E-state index is 12.7. The average Bonchev–Trinajstić information content (AvgIpc) is 2.87. The van der Waals surface area contributed by atoms with E-state index in [2.05, 4.69) is 25.3 Å². The highest BCUT2D eigenvalue weighted by Gasteiger charge is 2.31. The molecule has 0 unspecified atom stereocenters. The zero-order valence-corrected chi connectivity index (χ0v) is 19.6. The standard InChI is InChI=1S/C25H24F3N5O4/c26-25(27,28)37-21-5-1-4-20(14-21)36-19-7-11-33(12-8-19)24(35)32-22-13-18(6-10-30-22)23(34)31-16-17-3-2-9-29-15-17/h1-6,9-10,13-15,19H,7-8,11-12,16H2,(H,31,34)(H,30,32,35). The number of amides is 3. The number of anilines is 1. The molecule has 3 aromatic rings. The van der Waals surface area contributed by atoms with E-state index in [9.17, 15) is 22.8 Å². The lowest BCUT2D eigenvalue weighted by Gasteiger charge is -2.32. The molecule has 37 heavy (non-hydrogen) atoms. The van der Waals surface area contributed by atoms with Crippen LogP contribution in [0.5, 0.6) is 11.5 Å². The molecular weight excluding hydrogens is 491 g/mol. The number of nitrogens with one attached hydrogen (secondary N) is 2. The normalized spacial score (nSPS) is 14.1. The number of aromatic nitrogens is 2. The Morgan fingerprint density at radius 2 is 1.81 bits per heavy atom. The highest BCUT2D eigenvalue weighted by atomic mass is 19.4. The second-order valence-electron chi connectivity index (χ2n) is 8.23. The Morgan fingerprint density at radius 1 is 1.03 bits per heavy atom. The predicted molar refractivity (Wildman–Crippen MR) is 127 cm³/mol. The fourth-order valence-electron chi connectivity index (χ4n) is 3.73. The summed E-state index contributed by atoms with van der Waals surface area (Å²) < 4.78 is 47.0. The fourth-order valence-corrected chi connectivity index (χ4v) is 3.73. The third kappa shape index (κ3) is 7.82. The van der Waals surface area contributed by atoms with Gasteiger partial charge in [0.25, 0.3) is 5.91 Å². The molecule has 1 aliphatic heterocycles. The van der Waals surface area contributed by atoms with Crippen molar-refractivity contribution in [2.75, 3.05) is 18.4 Å². The number of halogens is 3. The predicted octanol–water partition coefficient (Wildman–Crippen LogP) is 4.38. The average molecular weight is 515 g/mol. The number of alkyl halides is 3. The van der Waals surface area contributed by atoms with Crippen LogP contribution in [0.25, 0.3) is 0 Å². The van der Waals surface area contributed by atoms with E-state index in [0.717, 1.165) is 5.56 Å². The molecule has 12 heteroatoms. The summed E-state index contributed by atoms with van der Waals surface area (Å²) >= 11 is 0. The number of likely N-dealkylation sites (tertiary alicyclic amines) is 1. The maximum atomic E-state index is 12.7. The minimum absolute atomic E-state index is 0.235. The topological polar surface area (TPSA) is 106 Å². The van der Waals surface area contributed by atoms with E-state index < -0.39 is 6.36 Å². The van der Waals surface area contributed by atoms with Crippen LogP contribution in [0.1, 0.15) is 28.8 Å². The molecule has 3 heterocycles. The molecule has 1 fully saturated rings. The summed E-state index contributed by atoms with van der Waals surface area (Å²) in [6.07, 6.45) is 0.668. The summed E-state index contributed by atoms with van der Waals surface area (Å²) in [6, 6.07) is 11.6. The molecule has 0 saturated carbocycles. The number of hydrogen-bond donors (Lipinski definition) is 2. The highest BCUT2D eigenvalue weighted by Crippen LogP contribution is 2.28. The second-order valence-corrected chi connectivity index (χ2v) is 8.23. The molecule has 4 rings (SSSR count). The van der Waals surface area contributed by atoms with Crippen LogP contribution in [0.3, 0.4) is 0 Å². The summed E-state index contributed by atoms with van der Waals surface area (Å²) in [5, 5.41) is 5.49. The van der Waals surface area contributed by atoms with Gasteiger partial charge in [0, 0.05) is 62.7 Å². The van der Waals surface area contributed by atoms with Crippen molar-refractivity contribution in [2.45, 2.75) is 31.9 Å². The first-order valence-corrected chi connectivity index (χ1v) is 11.5. The third-order valence-corrected chi connectivity index (χ3v) is 5.50. The van der Waals surface area contributed by atoms with Crippen molar-refractivity contribution in [3.8, 4) is 11.5 Å².